The third-order valence-corrected chi connectivity index (χ3v) is 3.98. The van der Waals surface area contributed by atoms with E-state index in [1.807, 2.05) is 0 Å². The molecule has 0 aliphatic heterocycles. The summed E-state index contributed by atoms with van der Waals surface area (Å²) in [6, 6.07) is 3.49. The largest absolute Gasteiger partial charge is 0.480 e. The zero-order valence-electron chi connectivity index (χ0n) is 9.75. The number of aliphatic carboxylic acids is 1. The van der Waals surface area contributed by atoms with Gasteiger partial charge in [0.2, 0.25) is 0 Å². The first kappa shape index (κ1) is 11.9. The van der Waals surface area contributed by atoms with E-state index < -0.39 is 17.4 Å². The summed E-state index contributed by atoms with van der Waals surface area (Å²) >= 11 is 1.17. The van der Waals surface area contributed by atoms with Crippen molar-refractivity contribution in [3.63, 3.8) is 0 Å². The number of nitrogens with zero attached hydrogens (tertiary/aromatic N) is 1. The van der Waals surface area contributed by atoms with Crippen molar-refractivity contribution in [1.82, 2.24) is 10.3 Å². The minimum atomic E-state index is -1.08. The average Bonchev–Trinajstić information content (AvgIpc) is 2.87. The maximum atomic E-state index is 12.0. The number of carboxylic acids is 1. The van der Waals surface area contributed by atoms with Crippen molar-refractivity contribution in [3.05, 3.63) is 29.5 Å². The molecule has 2 aromatic heterocycles. The number of hydrogen-bond acceptors (Lipinski definition) is 5. The molecule has 2 heterocycles. The molecule has 19 heavy (non-hydrogen) atoms. The van der Waals surface area contributed by atoms with Crippen LogP contribution < -0.4 is 5.32 Å². The molecule has 0 unspecified atom stereocenters. The second-order valence-corrected chi connectivity index (χ2v) is 5.38. The molecular weight excluding hydrogens is 268 g/mol. The molecule has 1 aliphatic rings. The first-order chi connectivity index (χ1) is 9.11. The summed E-state index contributed by atoms with van der Waals surface area (Å²) in [5, 5.41) is 12.1. The molecule has 7 heteroatoms. The van der Waals surface area contributed by atoms with Gasteiger partial charge in [-0.3, -0.25) is 4.79 Å². The van der Waals surface area contributed by atoms with Gasteiger partial charge in [-0.1, -0.05) is 0 Å². The van der Waals surface area contributed by atoms with Crippen molar-refractivity contribution in [2.45, 2.75) is 18.4 Å². The predicted molar refractivity (Wildman–Crippen MR) is 66.9 cm³/mol. The summed E-state index contributed by atoms with van der Waals surface area (Å²) in [5.41, 5.74) is -1.08. The molecule has 1 fully saturated rings. The lowest BCUT2D eigenvalue weighted by Crippen LogP contribution is -2.42. The highest BCUT2D eigenvalue weighted by Gasteiger charge is 2.51. The van der Waals surface area contributed by atoms with Crippen molar-refractivity contribution in [1.29, 1.82) is 0 Å². The van der Waals surface area contributed by atoms with Crippen LogP contribution in [0.25, 0.3) is 10.8 Å². The first-order valence-electron chi connectivity index (χ1n) is 5.66. The van der Waals surface area contributed by atoms with Crippen LogP contribution in [0.15, 0.2) is 29.0 Å². The van der Waals surface area contributed by atoms with Crippen LogP contribution in [0.4, 0.5) is 0 Å². The molecule has 0 saturated heterocycles. The van der Waals surface area contributed by atoms with Gasteiger partial charge in [-0.15, -0.1) is 11.3 Å². The maximum Gasteiger partial charge on any atom is 0.329 e. The van der Waals surface area contributed by atoms with Crippen molar-refractivity contribution in [3.8, 4) is 10.8 Å². The van der Waals surface area contributed by atoms with Gasteiger partial charge in [0, 0.05) is 0 Å². The monoisotopic (exact) mass is 278 g/mol. The van der Waals surface area contributed by atoms with Gasteiger partial charge in [-0.25, -0.2) is 9.78 Å². The smallest absolute Gasteiger partial charge is 0.329 e. The highest BCUT2D eigenvalue weighted by Crippen LogP contribution is 2.36. The fourth-order valence-corrected chi connectivity index (χ4v) is 2.47. The van der Waals surface area contributed by atoms with Crippen LogP contribution in [0.1, 0.15) is 22.5 Å². The molecule has 2 N–H and O–H groups in total. The molecular formula is C12H10N2O4S. The van der Waals surface area contributed by atoms with E-state index in [2.05, 4.69) is 10.3 Å². The van der Waals surface area contributed by atoms with Gasteiger partial charge in [0.05, 0.1) is 12.5 Å². The number of rotatable bonds is 4. The molecule has 1 saturated carbocycles. The van der Waals surface area contributed by atoms with Gasteiger partial charge in [0.1, 0.15) is 10.4 Å². The van der Waals surface area contributed by atoms with Crippen LogP contribution in [-0.4, -0.2) is 27.5 Å². The number of carboxylic acid groups (broad SMARTS) is 1. The van der Waals surface area contributed by atoms with Crippen LogP contribution >= 0.6 is 11.3 Å². The Morgan fingerprint density at radius 1 is 1.47 bits per heavy atom. The number of furan rings is 1. The summed E-state index contributed by atoms with van der Waals surface area (Å²) < 4.78 is 5.19. The molecule has 1 amide bonds. The lowest BCUT2D eigenvalue weighted by molar-refractivity contribution is -0.140. The number of thiazole rings is 1. The van der Waals surface area contributed by atoms with Crippen LogP contribution in [0.3, 0.4) is 0 Å². The summed E-state index contributed by atoms with van der Waals surface area (Å²) in [6.07, 6.45) is 3.89. The van der Waals surface area contributed by atoms with Crippen LogP contribution in [0.5, 0.6) is 0 Å². The average molecular weight is 278 g/mol. The summed E-state index contributed by atoms with van der Waals surface area (Å²) in [5.74, 6) is -0.810. The Kier molecular flexibility index (Phi) is 2.63. The number of carbonyl (C=O) groups excluding carboxylic acids is 1. The van der Waals surface area contributed by atoms with Crippen molar-refractivity contribution in [2.24, 2.45) is 0 Å². The van der Waals surface area contributed by atoms with Gasteiger partial charge >= 0.3 is 5.97 Å². The molecule has 0 aromatic carbocycles. The molecule has 0 spiro atoms. The van der Waals surface area contributed by atoms with Crippen molar-refractivity contribution < 1.29 is 19.1 Å². The highest BCUT2D eigenvalue weighted by molar-refractivity contribution is 7.16. The highest BCUT2D eigenvalue weighted by atomic mass is 32.1. The normalized spacial score (nSPS) is 16.0. The van der Waals surface area contributed by atoms with Gasteiger partial charge in [0.15, 0.2) is 10.8 Å². The summed E-state index contributed by atoms with van der Waals surface area (Å²) in [7, 11) is 0. The number of nitrogens with one attached hydrogen (secondary N) is 1. The molecule has 0 radical (unpaired) electrons. The zero-order chi connectivity index (χ0) is 13.5. The Morgan fingerprint density at radius 3 is 2.84 bits per heavy atom. The van der Waals surface area contributed by atoms with Gasteiger partial charge in [0.25, 0.3) is 5.91 Å². The molecule has 3 rings (SSSR count). The lowest BCUT2D eigenvalue weighted by Gasteiger charge is -2.10. The zero-order valence-corrected chi connectivity index (χ0v) is 10.6. The quantitative estimate of drug-likeness (QED) is 0.888. The Hall–Kier alpha value is -2.15. The Morgan fingerprint density at radius 2 is 2.26 bits per heavy atom. The second-order valence-electron chi connectivity index (χ2n) is 4.35. The minimum absolute atomic E-state index is 0.374. The third kappa shape index (κ3) is 2.12. The second kappa shape index (κ2) is 4.20. The minimum Gasteiger partial charge on any atom is -0.480 e. The molecule has 6 nitrogen and oxygen atoms in total. The van der Waals surface area contributed by atoms with Gasteiger partial charge < -0.3 is 14.8 Å². The van der Waals surface area contributed by atoms with E-state index in [4.69, 9.17) is 9.52 Å². The SMILES string of the molecule is O=C(NC1(C(=O)O)CC1)c1cnc(-c2ccco2)s1. The van der Waals surface area contributed by atoms with Gasteiger partial charge in [-0.2, -0.15) is 0 Å². The van der Waals surface area contributed by atoms with Crippen LogP contribution in [0, 0.1) is 0 Å². The fourth-order valence-electron chi connectivity index (χ4n) is 1.69. The predicted octanol–water partition coefficient (Wildman–Crippen LogP) is 1.75. The van der Waals surface area contributed by atoms with Crippen molar-refractivity contribution in [2.75, 3.05) is 0 Å². The number of carbonyl (C=O) groups is 2. The molecule has 0 bridgehead atoms. The summed E-state index contributed by atoms with van der Waals surface area (Å²) in [6.45, 7) is 0. The molecule has 2 aromatic rings. The molecule has 0 atom stereocenters. The Balaban J connectivity index is 1.76. The van der Waals surface area contributed by atoms with Crippen LogP contribution in [-0.2, 0) is 4.79 Å². The standard InChI is InChI=1S/C12H10N2O4S/c15-9(14-12(3-4-12)11(16)17)8-6-13-10(19-8)7-2-1-5-18-7/h1-2,5-6H,3-4H2,(H,14,15)(H,16,17). The van der Waals surface area contributed by atoms with Gasteiger partial charge in [-0.05, 0) is 25.0 Å². The third-order valence-electron chi connectivity index (χ3n) is 2.97. The number of aromatic nitrogens is 1. The van der Waals surface area contributed by atoms with Crippen molar-refractivity contribution >= 4 is 23.2 Å². The fraction of sp³-hybridized carbons (Fsp3) is 0.250. The van der Waals surface area contributed by atoms with E-state index in [0.717, 1.165) is 0 Å². The summed E-state index contributed by atoms with van der Waals surface area (Å²) in [4.78, 5) is 27.4. The van der Waals surface area contributed by atoms with Crippen LogP contribution in [0.2, 0.25) is 0 Å². The van der Waals surface area contributed by atoms with E-state index in [9.17, 15) is 9.59 Å². The Labute approximate surface area is 112 Å². The Bertz CT molecular complexity index is 628. The van der Waals surface area contributed by atoms with E-state index in [1.165, 1.54) is 23.8 Å². The van der Waals surface area contributed by atoms with E-state index in [0.29, 0.717) is 28.5 Å². The molecule has 1 aliphatic carbocycles. The lowest BCUT2D eigenvalue weighted by atomic mass is 10.2. The maximum absolute atomic E-state index is 12.0. The number of hydrogen-bond donors (Lipinski definition) is 2. The topological polar surface area (TPSA) is 92.4 Å². The van der Waals surface area contributed by atoms with E-state index in [1.54, 1.807) is 12.1 Å². The molecule has 98 valence electrons. The van der Waals surface area contributed by atoms with E-state index in [-0.39, 0.29) is 0 Å². The van der Waals surface area contributed by atoms with E-state index >= 15 is 0 Å². The number of amides is 1. The first-order valence-corrected chi connectivity index (χ1v) is 6.48.